The van der Waals surface area contributed by atoms with Crippen LogP contribution in [0.5, 0.6) is 11.5 Å². The van der Waals surface area contributed by atoms with Gasteiger partial charge < -0.3 is 25.3 Å². The van der Waals surface area contributed by atoms with E-state index >= 15 is 0 Å². The molecule has 0 fully saturated rings. The monoisotopic (exact) mass is 372 g/mol. The van der Waals surface area contributed by atoms with Crippen molar-refractivity contribution in [2.45, 2.75) is 0 Å². The third kappa shape index (κ3) is 4.63. The second-order valence-electron chi connectivity index (χ2n) is 5.40. The van der Waals surface area contributed by atoms with Gasteiger partial charge in [0.05, 0.1) is 17.4 Å². The van der Waals surface area contributed by atoms with Gasteiger partial charge in [-0.3, -0.25) is 15.1 Å². The maximum Gasteiger partial charge on any atom is 0.340 e. The number of hydrogen-bond donors (Lipinski definition) is 3. The fraction of sp³-hybridized carbons (Fsp3) is 0.176. The summed E-state index contributed by atoms with van der Waals surface area (Å²) in [5, 5.41) is 4.52. The van der Waals surface area contributed by atoms with E-state index in [4.69, 9.17) is 19.9 Å². The number of fused-ring (bicyclic) bond motifs is 1. The predicted molar refractivity (Wildman–Crippen MR) is 93.5 cm³/mol. The minimum Gasteiger partial charge on any atom is -0.486 e. The van der Waals surface area contributed by atoms with Crippen LogP contribution in [0.4, 0.5) is 16.2 Å². The zero-order valence-electron chi connectivity index (χ0n) is 14.1. The number of nitrogens with two attached hydrogens (primary N) is 1. The molecule has 0 bridgehead atoms. The first-order valence-corrected chi connectivity index (χ1v) is 7.90. The van der Waals surface area contributed by atoms with Crippen molar-refractivity contribution < 1.29 is 28.6 Å². The Morgan fingerprint density at radius 2 is 1.93 bits per heavy atom. The molecule has 0 radical (unpaired) electrons. The average Bonchev–Trinajstić information content (AvgIpc) is 2.66. The second kappa shape index (κ2) is 8.04. The van der Waals surface area contributed by atoms with Crippen molar-refractivity contribution in [1.82, 2.24) is 10.3 Å². The van der Waals surface area contributed by atoms with E-state index in [1.807, 2.05) is 5.32 Å². The summed E-state index contributed by atoms with van der Waals surface area (Å²) >= 11 is 0. The number of nitrogens with zero attached hydrogens (tertiary/aromatic N) is 1. The molecule has 27 heavy (non-hydrogen) atoms. The number of urea groups is 1. The van der Waals surface area contributed by atoms with Crippen LogP contribution in [0.1, 0.15) is 10.4 Å². The third-order valence-corrected chi connectivity index (χ3v) is 3.46. The maximum absolute atomic E-state index is 11.9. The van der Waals surface area contributed by atoms with Crippen molar-refractivity contribution in [3.8, 4) is 11.5 Å². The first-order chi connectivity index (χ1) is 13.0. The SMILES string of the molecule is Nc1cnccc1C(=O)OCC(=O)NC(=O)Nc1ccc2c(c1)OCCO2. The second-order valence-corrected chi connectivity index (χ2v) is 5.40. The lowest BCUT2D eigenvalue weighted by atomic mass is 10.2. The van der Waals surface area contributed by atoms with E-state index in [1.165, 1.54) is 18.5 Å². The van der Waals surface area contributed by atoms with Crippen LogP contribution in [0.2, 0.25) is 0 Å². The highest BCUT2D eigenvalue weighted by molar-refractivity contribution is 6.02. The molecule has 10 nitrogen and oxygen atoms in total. The largest absolute Gasteiger partial charge is 0.486 e. The number of hydrogen-bond acceptors (Lipinski definition) is 8. The van der Waals surface area contributed by atoms with Gasteiger partial charge in [-0.05, 0) is 18.2 Å². The van der Waals surface area contributed by atoms with Crippen LogP contribution >= 0.6 is 0 Å². The Morgan fingerprint density at radius 1 is 1.15 bits per heavy atom. The Morgan fingerprint density at radius 3 is 2.70 bits per heavy atom. The summed E-state index contributed by atoms with van der Waals surface area (Å²) in [6.07, 6.45) is 2.66. The first kappa shape index (κ1) is 18.0. The van der Waals surface area contributed by atoms with E-state index in [2.05, 4.69) is 10.3 Å². The molecule has 140 valence electrons. The highest BCUT2D eigenvalue weighted by Crippen LogP contribution is 2.32. The molecular formula is C17H16N4O6. The molecule has 3 rings (SSSR count). The molecule has 0 atom stereocenters. The summed E-state index contributed by atoms with van der Waals surface area (Å²) in [6.45, 7) is 0.224. The lowest BCUT2D eigenvalue weighted by molar-refractivity contribution is -0.123. The summed E-state index contributed by atoms with van der Waals surface area (Å²) in [5.74, 6) is -0.525. The van der Waals surface area contributed by atoms with Crippen LogP contribution in [-0.2, 0) is 9.53 Å². The zero-order chi connectivity index (χ0) is 19.2. The lowest BCUT2D eigenvalue weighted by Crippen LogP contribution is -2.37. The van der Waals surface area contributed by atoms with E-state index in [9.17, 15) is 14.4 Å². The zero-order valence-corrected chi connectivity index (χ0v) is 14.1. The maximum atomic E-state index is 11.9. The number of benzene rings is 1. The van der Waals surface area contributed by atoms with Gasteiger partial charge in [-0.25, -0.2) is 9.59 Å². The number of imide groups is 1. The topological polar surface area (TPSA) is 142 Å². The van der Waals surface area contributed by atoms with Crippen molar-refractivity contribution in [3.05, 3.63) is 42.2 Å². The smallest absolute Gasteiger partial charge is 0.340 e. The number of ether oxygens (including phenoxy) is 3. The van der Waals surface area contributed by atoms with Crippen LogP contribution in [0.3, 0.4) is 0 Å². The standard InChI is InChI=1S/C17H16N4O6/c18-12-8-19-4-3-11(12)16(23)27-9-15(22)21-17(24)20-10-1-2-13-14(7-10)26-6-5-25-13/h1-4,7-8H,5-6,9,18H2,(H2,20,21,22,24). The van der Waals surface area contributed by atoms with Gasteiger partial charge in [-0.2, -0.15) is 0 Å². The molecule has 1 aliphatic heterocycles. The van der Waals surface area contributed by atoms with Gasteiger partial charge in [0.1, 0.15) is 13.2 Å². The fourth-order valence-electron chi connectivity index (χ4n) is 2.25. The molecule has 10 heteroatoms. The van der Waals surface area contributed by atoms with Crippen LogP contribution in [0.25, 0.3) is 0 Å². The molecule has 1 aliphatic rings. The number of aromatic nitrogens is 1. The van der Waals surface area contributed by atoms with Gasteiger partial charge in [0.25, 0.3) is 5.91 Å². The Balaban J connectivity index is 1.48. The van der Waals surface area contributed by atoms with E-state index < -0.39 is 24.5 Å². The van der Waals surface area contributed by atoms with E-state index in [0.29, 0.717) is 30.4 Å². The Labute approximate surface area is 153 Å². The molecular weight excluding hydrogens is 356 g/mol. The van der Waals surface area contributed by atoms with Gasteiger partial charge >= 0.3 is 12.0 Å². The lowest BCUT2D eigenvalue weighted by Gasteiger charge is -2.19. The summed E-state index contributed by atoms with van der Waals surface area (Å²) in [6, 6.07) is 5.40. The van der Waals surface area contributed by atoms with Crippen LogP contribution in [-0.4, -0.2) is 42.7 Å². The molecule has 4 N–H and O–H groups in total. The molecule has 2 heterocycles. The number of nitrogens with one attached hydrogen (secondary N) is 2. The molecule has 3 amide bonds. The van der Waals surface area contributed by atoms with Gasteiger partial charge in [0.15, 0.2) is 18.1 Å². The molecule has 0 saturated carbocycles. The normalized spacial score (nSPS) is 12.0. The predicted octanol–water partition coefficient (Wildman–Crippen LogP) is 0.940. The molecule has 0 unspecified atom stereocenters. The number of amides is 3. The van der Waals surface area contributed by atoms with E-state index in [1.54, 1.807) is 18.2 Å². The Bertz CT molecular complexity index is 885. The average molecular weight is 372 g/mol. The number of esters is 1. The number of pyridine rings is 1. The van der Waals surface area contributed by atoms with Crippen molar-refractivity contribution in [2.24, 2.45) is 0 Å². The van der Waals surface area contributed by atoms with Crippen LogP contribution < -0.4 is 25.8 Å². The van der Waals surface area contributed by atoms with Crippen LogP contribution in [0.15, 0.2) is 36.7 Å². The van der Waals surface area contributed by atoms with Crippen LogP contribution in [0, 0.1) is 0 Å². The quantitative estimate of drug-likeness (QED) is 0.673. The van der Waals surface area contributed by atoms with Crippen molar-refractivity contribution in [1.29, 1.82) is 0 Å². The molecule has 1 aromatic carbocycles. The Kier molecular flexibility index (Phi) is 5.36. The third-order valence-electron chi connectivity index (χ3n) is 3.46. The molecule has 0 aliphatic carbocycles. The molecule has 0 saturated heterocycles. The van der Waals surface area contributed by atoms with Crippen molar-refractivity contribution in [3.63, 3.8) is 0 Å². The minimum absolute atomic E-state index is 0.0820. The van der Waals surface area contributed by atoms with Crippen molar-refractivity contribution in [2.75, 3.05) is 30.9 Å². The number of carbonyl (C=O) groups excluding carboxylic acids is 3. The van der Waals surface area contributed by atoms with Gasteiger partial charge in [0.2, 0.25) is 0 Å². The summed E-state index contributed by atoms with van der Waals surface area (Å²) in [4.78, 5) is 39.2. The molecule has 0 spiro atoms. The molecule has 1 aromatic heterocycles. The first-order valence-electron chi connectivity index (χ1n) is 7.90. The highest BCUT2D eigenvalue weighted by Gasteiger charge is 2.16. The Hall–Kier alpha value is -3.82. The summed E-state index contributed by atoms with van der Waals surface area (Å²) < 4.78 is 15.6. The van der Waals surface area contributed by atoms with E-state index in [-0.39, 0.29) is 11.3 Å². The minimum atomic E-state index is -0.800. The number of rotatable bonds is 4. The number of nitrogen functional groups attached to an aromatic ring is 1. The summed E-state index contributed by atoms with van der Waals surface area (Å²) in [7, 11) is 0. The van der Waals surface area contributed by atoms with E-state index in [0.717, 1.165) is 0 Å². The van der Waals surface area contributed by atoms with Crippen molar-refractivity contribution >= 4 is 29.3 Å². The highest BCUT2D eigenvalue weighted by atomic mass is 16.6. The van der Waals surface area contributed by atoms with Gasteiger partial charge in [-0.15, -0.1) is 0 Å². The van der Waals surface area contributed by atoms with Gasteiger partial charge in [0, 0.05) is 18.0 Å². The fourth-order valence-corrected chi connectivity index (χ4v) is 2.25. The molecule has 2 aromatic rings. The summed E-state index contributed by atoms with van der Waals surface area (Å²) in [5.41, 5.74) is 6.21. The van der Waals surface area contributed by atoms with Gasteiger partial charge in [-0.1, -0.05) is 0 Å². The number of anilines is 2. The number of carbonyl (C=O) groups is 3.